The Balaban J connectivity index is 1.99. The molecule has 1 aliphatic carbocycles. The van der Waals surface area contributed by atoms with Crippen molar-refractivity contribution in [1.82, 2.24) is 0 Å². The van der Waals surface area contributed by atoms with E-state index in [0.717, 1.165) is 22.8 Å². The Kier molecular flexibility index (Phi) is 3.88. The van der Waals surface area contributed by atoms with Crippen LogP contribution in [0.3, 0.4) is 0 Å². The Bertz CT molecular complexity index is 588. The lowest BCUT2D eigenvalue weighted by Crippen LogP contribution is -2.26. The zero-order valence-corrected chi connectivity index (χ0v) is 12.5. The fraction of sp³-hybridized carbons (Fsp3) is 0.412. The largest absolute Gasteiger partial charge is 0.496 e. The average Bonchev–Trinajstić information content (AvgIpc) is 3.20. The SMILES string of the molecule is COc1cccc(N(Cc2ccco2)C2CC2)c1C(C)O. The van der Waals surface area contributed by atoms with Crippen LogP contribution in [0.4, 0.5) is 5.69 Å². The third-order valence-corrected chi connectivity index (χ3v) is 3.88. The van der Waals surface area contributed by atoms with Gasteiger partial charge in [0.15, 0.2) is 0 Å². The number of aliphatic hydroxyl groups excluding tert-OH is 1. The fourth-order valence-electron chi connectivity index (χ4n) is 2.75. The van der Waals surface area contributed by atoms with Gasteiger partial charge in [-0.1, -0.05) is 6.07 Å². The van der Waals surface area contributed by atoms with Crippen molar-refractivity contribution in [2.24, 2.45) is 0 Å². The lowest BCUT2D eigenvalue weighted by molar-refractivity contribution is 0.194. The van der Waals surface area contributed by atoms with E-state index in [4.69, 9.17) is 9.15 Å². The second kappa shape index (κ2) is 5.82. The first-order chi connectivity index (χ1) is 10.2. The van der Waals surface area contributed by atoms with Crippen LogP contribution < -0.4 is 9.64 Å². The van der Waals surface area contributed by atoms with Gasteiger partial charge in [-0.15, -0.1) is 0 Å². The Morgan fingerprint density at radius 2 is 2.14 bits per heavy atom. The maximum Gasteiger partial charge on any atom is 0.126 e. The number of anilines is 1. The van der Waals surface area contributed by atoms with Gasteiger partial charge in [-0.3, -0.25) is 0 Å². The van der Waals surface area contributed by atoms with E-state index in [9.17, 15) is 5.11 Å². The smallest absolute Gasteiger partial charge is 0.126 e. The number of furan rings is 1. The van der Waals surface area contributed by atoms with Crippen LogP contribution in [-0.2, 0) is 6.54 Å². The van der Waals surface area contributed by atoms with Crippen LogP contribution in [0.5, 0.6) is 5.75 Å². The maximum absolute atomic E-state index is 10.2. The summed E-state index contributed by atoms with van der Waals surface area (Å²) in [6.45, 7) is 2.49. The van der Waals surface area contributed by atoms with Crippen molar-refractivity contribution in [3.05, 3.63) is 47.9 Å². The fourth-order valence-corrected chi connectivity index (χ4v) is 2.75. The molecule has 1 N–H and O–H groups in total. The average molecular weight is 287 g/mol. The molecule has 0 saturated heterocycles. The number of aliphatic hydroxyl groups is 1. The van der Waals surface area contributed by atoms with Gasteiger partial charge in [0.05, 0.1) is 26.0 Å². The highest BCUT2D eigenvalue weighted by Gasteiger charge is 2.32. The summed E-state index contributed by atoms with van der Waals surface area (Å²) in [5, 5.41) is 10.2. The predicted octanol–water partition coefficient (Wildman–Crippen LogP) is 3.51. The summed E-state index contributed by atoms with van der Waals surface area (Å²) in [6, 6.07) is 10.3. The monoisotopic (exact) mass is 287 g/mol. The molecule has 21 heavy (non-hydrogen) atoms. The summed E-state index contributed by atoms with van der Waals surface area (Å²) < 4.78 is 10.9. The number of hydrogen-bond donors (Lipinski definition) is 1. The molecule has 2 aromatic rings. The van der Waals surface area contributed by atoms with Gasteiger partial charge in [0.2, 0.25) is 0 Å². The van der Waals surface area contributed by atoms with Crippen LogP contribution >= 0.6 is 0 Å². The zero-order valence-electron chi connectivity index (χ0n) is 12.5. The summed E-state index contributed by atoms with van der Waals surface area (Å²) in [5.74, 6) is 1.66. The molecule has 4 nitrogen and oxygen atoms in total. The van der Waals surface area contributed by atoms with Gasteiger partial charge >= 0.3 is 0 Å². The van der Waals surface area contributed by atoms with Crippen molar-refractivity contribution < 1.29 is 14.3 Å². The second-order valence-electron chi connectivity index (χ2n) is 5.51. The molecule has 1 aromatic heterocycles. The van der Waals surface area contributed by atoms with Crippen LogP contribution in [0.15, 0.2) is 41.0 Å². The molecule has 0 bridgehead atoms. The van der Waals surface area contributed by atoms with Crippen molar-refractivity contribution in [1.29, 1.82) is 0 Å². The second-order valence-corrected chi connectivity index (χ2v) is 5.51. The van der Waals surface area contributed by atoms with Gasteiger partial charge in [-0.25, -0.2) is 0 Å². The lowest BCUT2D eigenvalue weighted by atomic mass is 10.1. The number of benzene rings is 1. The highest BCUT2D eigenvalue weighted by Crippen LogP contribution is 2.40. The highest BCUT2D eigenvalue weighted by molar-refractivity contribution is 5.61. The van der Waals surface area contributed by atoms with E-state index in [0.29, 0.717) is 12.6 Å². The molecule has 3 rings (SSSR count). The van der Waals surface area contributed by atoms with E-state index in [1.807, 2.05) is 30.3 Å². The summed E-state index contributed by atoms with van der Waals surface area (Å²) >= 11 is 0. The van der Waals surface area contributed by atoms with Crippen molar-refractivity contribution in [2.75, 3.05) is 12.0 Å². The van der Waals surface area contributed by atoms with Gasteiger partial charge in [-0.2, -0.15) is 0 Å². The molecule has 4 heteroatoms. The first kappa shape index (κ1) is 14.0. The first-order valence-electron chi connectivity index (χ1n) is 7.34. The number of ether oxygens (including phenoxy) is 1. The van der Waals surface area contributed by atoms with E-state index < -0.39 is 6.10 Å². The highest BCUT2D eigenvalue weighted by atomic mass is 16.5. The van der Waals surface area contributed by atoms with Gasteiger partial charge in [0, 0.05) is 17.3 Å². The molecule has 1 aromatic carbocycles. The molecular weight excluding hydrogens is 266 g/mol. The molecule has 1 heterocycles. The van der Waals surface area contributed by atoms with Crippen molar-refractivity contribution in [3.8, 4) is 5.75 Å². The maximum atomic E-state index is 10.2. The van der Waals surface area contributed by atoms with Crippen molar-refractivity contribution in [2.45, 2.75) is 38.5 Å². The summed E-state index contributed by atoms with van der Waals surface area (Å²) in [6.07, 6.45) is 3.48. The molecule has 112 valence electrons. The van der Waals surface area contributed by atoms with Crippen LogP contribution in [0.1, 0.15) is 37.2 Å². The van der Waals surface area contributed by atoms with Crippen LogP contribution in [0.2, 0.25) is 0 Å². The van der Waals surface area contributed by atoms with E-state index in [1.54, 1.807) is 20.3 Å². The summed E-state index contributed by atoms with van der Waals surface area (Å²) in [4.78, 5) is 2.31. The molecule has 0 amide bonds. The number of methoxy groups -OCH3 is 1. The molecule has 1 aliphatic rings. The third-order valence-electron chi connectivity index (χ3n) is 3.88. The molecule has 0 spiro atoms. The molecule has 1 fully saturated rings. The van der Waals surface area contributed by atoms with E-state index >= 15 is 0 Å². The minimum absolute atomic E-state index is 0.514. The topological polar surface area (TPSA) is 45.8 Å². The van der Waals surface area contributed by atoms with E-state index in [1.165, 1.54) is 12.8 Å². The molecule has 0 aliphatic heterocycles. The number of nitrogens with zero attached hydrogens (tertiary/aromatic N) is 1. The molecule has 0 radical (unpaired) electrons. The van der Waals surface area contributed by atoms with Crippen molar-refractivity contribution >= 4 is 5.69 Å². The number of rotatable bonds is 6. The summed E-state index contributed by atoms with van der Waals surface area (Å²) in [5.41, 5.74) is 1.88. The number of hydrogen-bond acceptors (Lipinski definition) is 4. The Labute approximate surface area is 124 Å². The van der Waals surface area contributed by atoms with E-state index in [2.05, 4.69) is 4.90 Å². The van der Waals surface area contributed by atoms with Crippen LogP contribution in [0.25, 0.3) is 0 Å². The molecule has 1 unspecified atom stereocenters. The minimum atomic E-state index is -0.575. The molecule has 1 saturated carbocycles. The van der Waals surface area contributed by atoms with Gasteiger partial charge in [0.1, 0.15) is 11.5 Å². The molecular formula is C17H21NO3. The third kappa shape index (κ3) is 2.90. The Morgan fingerprint density at radius 3 is 2.71 bits per heavy atom. The lowest BCUT2D eigenvalue weighted by Gasteiger charge is -2.28. The van der Waals surface area contributed by atoms with Crippen LogP contribution in [0, 0.1) is 0 Å². The standard InChI is InChI=1S/C17H21NO3/c1-12(19)17-15(6-3-7-16(17)20-2)18(13-8-9-13)11-14-5-4-10-21-14/h3-7,10,12-13,19H,8-9,11H2,1-2H3. The quantitative estimate of drug-likeness (QED) is 0.883. The van der Waals surface area contributed by atoms with Gasteiger partial charge < -0.3 is 19.2 Å². The van der Waals surface area contributed by atoms with Crippen LogP contribution in [-0.4, -0.2) is 18.3 Å². The Morgan fingerprint density at radius 1 is 1.33 bits per heavy atom. The van der Waals surface area contributed by atoms with Crippen molar-refractivity contribution in [3.63, 3.8) is 0 Å². The minimum Gasteiger partial charge on any atom is -0.496 e. The first-order valence-corrected chi connectivity index (χ1v) is 7.34. The normalized spacial score (nSPS) is 15.8. The summed E-state index contributed by atoms with van der Waals surface area (Å²) in [7, 11) is 1.64. The zero-order chi connectivity index (χ0) is 14.8. The van der Waals surface area contributed by atoms with Gasteiger partial charge in [0.25, 0.3) is 0 Å². The Hall–Kier alpha value is -1.94. The molecule has 1 atom stereocenters. The van der Waals surface area contributed by atoms with E-state index in [-0.39, 0.29) is 0 Å². The predicted molar refractivity (Wildman–Crippen MR) is 81.5 cm³/mol. The van der Waals surface area contributed by atoms with Gasteiger partial charge in [-0.05, 0) is 44.0 Å².